The summed E-state index contributed by atoms with van der Waals surface area (Å²) in [5.74, 6) is 0.262. The SMILES string of the molecule is CC1(C)CCC(NC(=O)C2(c3ccccc3)CCC2)C1. The van der Waals surface area contributed by atoms with Crippen molar-refractivity contribution >= 4 is 5.91 Å². The summed E-state index contributed by atoms with van der Waals surface area (Å²) < 4.78 is 0. The Hall–Kier alpha value is -1.31. The number of carbonyl (C=O) groups excluding carboxylic acids is 1. The Balaban J connectivity index is 1.73. The average molecular weight is 271 g/mol. The largest absolute Gasteiger partial charge is 0.353 e. The third-order valence-electron chi connectivity index (χ3n) is 5.27. The minimum atomic E-state index is -0.242. The monoisotopic (exact) mass is 271 g/mol. The zero-order valence-corrected chi connectivity index (χ0v) is 12.6. The summed E-state index contributed by atoms with van der Waals surface area (Å²) in [6.45, 7) is 4.60. The molecule has 2 nitrogen and oxygen atoms in total. The smallest absolute Gasteiger partial charge is 0.230 e. The van der Waals surface area contributed by atoms with Gasteiger partial charge in [0.2, 0.25) is 5.91 Å². The molecule has 1 aromatic carbocycles. The zero-order chi connectivity index (χ0) is 14.2. The maximum atomic E-state index is 12.8. The highest BCUT2D eigenvalue weighted by Crippen LogP contribution is 2.45. The Morgan fingerprint density at radius 2 is 1.85 bits per heavy atom. The van der Waals surface area contributed by atoms with E-state index in [1.165, 1.54) is 18.4 Å². The topological polar surface area (TPSA) is 29.1 Å². The van der Waals surface area contributed by atoms with Crippen LogP contribution in [0.3, 0.4) is 0 Å². The van der Waals surface area contributed by atoms with Gasteiger partial charge in [-0.25, -0.2) is 0 Å². The van der Waals surface area contributed by atoms with Crippen LogP contribution in [0.15, 0.2) is 30.3 Å². The van der Waals surface area contributed by atoms with Crippen molar-refractivity contribution in [1.29, 1.82) is 0 Å². The van der Waals surface area contributed by atoms with E-state index in [4.69, 9.17) is 0 Å². The molecule has 2 heteroatoms. The second kappa shape index (κ2) is 4.91. The van der Waals surface area contributed by atoms with E-state index in [0.29, 0.717) is 11.5 Å². The van der Waals surface area contributed by atoms with Crippen molar-refractivity contribution in [3.8, 4) is 0 Å². The van der Waals surface area contributed by atoms with E-state index in [1.54, 1.807) is 0 Å². The molecule has 0 heterocycles. The number of carbonyl (C=O) groups is 1. The summed E-state index contributed by atoms with van der Waals surface area (Å²) in [6, 6.07) is 10.7. The van der Waals surface area contributed by atoms with Crippen LogP contribution in [0.2, 0.25) is 0 Å². The Kier molecular flexibility index (Phi) is 3.35. The maximum absolute atomic E-state index is 12.8. The van der Waals surface area contributed by atoms with Crippen LogP contribution in [-0.4, -0.2) is 11.9 Å². The Morgan fingerprint density at radius 3 is 2.35 bits per heavy atom. The Bertz CT molecular complexity index is 487. The van der Waals surface area contributed by atoms with Gasteiger partial charge in [-0.3, -0.25) is 4.79 Å². The van der Waals surface area contributed by atoms with E-state index in [0.717, 1.165) is 25.7 Å². The van der Waals surface area contributed by atoms with Crippen molar-refractivity contribution in [3.63, 3.8) is 0 Å². The van der Waals surface area contributed by atoms with Gasteiger partial charge in [0.15, 0.2) is 0 Å². The number of benzene rings is 1. The molecule has 0 radical (unpaired) electrons. The second-order valence-corrected chi connectivity index (χ2v) is 7.38. The molecule has 1 aromatic rings. The van der Waals surface area contributed by atoms with Gasteiger partial charge >= 0.3 is 0 Å². The molecule has 3 rings (SSSR count). The Labute approximate surface area is 122 Å². The fourth-order valence-electron chi connectivity index (χ4n) is 3.82. The highest BCUT2D eigenvalue weighted by molar-refractivity contribution is 5.89. The van der Waals surface area contributed by atoms with E-state index in [2.05, 4.69) is 31.3 Å². The van der Waals surface area contributed by atoms with Crippen LogP contribution in [0, 0.1) is 5.41 Å². The van der Waals surface area contributed by atoms with E-state index in [1.807, 2.05) is 18.2 Å². The van der Waals surface area contributed by atoms with Gasteiger partial charge in [-0.1, -0.05) is 50.6 Å². The van der Waals surface area contributed by atoms with E-state index in [-0.39, 0.29) is 11.3 Å². The van der Waals surface area contributed by atoms with Gasteiger partial charge in [0.1, 0.15) is 0 Å². The van der Waals surface area contributed by atoms with Crippen LogP contribution >= 0.6 is 0 Å². The van der Waals surface area contributed by atoms with Gasteiger partial charge in [0, 0.05) is 6.04 Å². The lowest BCUT2D eigenvalue weighted by Crippen LogP contribution is -2.51. The van der Waals surface area contributed by atoms with Crippen molar-refractivity contribution in [1.82, 2.24) is 5.32 Å². The van der Waals surface area contributed by atoms with Gasteiger partial charge in [-0.2, -0.15) is 0 Å². The molecule has 2 saturated carbocycles. The van der Waals surface area contributed by atoms with Gasteiger partial charge in [-0.05, 0) is 43.1 Å². The minimum absolute atomic E-state index is 0.242. The first-order valence-corrected chi connectivity index (χ1v) is 7.88. The molecule has 1 N–H and O–H groups in total. The molecule has 2 fully saturated rings. The van der Waals surface area contributed by atoms with Gasteiger partial charge in [0.05, 0.1) is 5.41 Å². The number of nitrogens with one attached hydrogen (secondary N) is 1. The van der Waals surface area contributed by atoms with E-state index in [9.17, 15) is 4.79 Å². The van der Waals surface area contributed by atoms with Crippen molar-refractivity contribution in [2.75, 3.05) is 0 Å². The predicted octanol–water partition coefficient (Wildman–Crippen LogP) is 3.80. The normalized spacial score (nSPS) is 26.8. The molecule has 1 unspecified atom stereocenters. The summed E-state index contributed by atoms with van der Waals surface area (Å²) in [4.78, 5) is 12.8. The first-order valence-electron chi connectivity index (χ1n) is 7.88. The fraction of sp³-hybridized carbons (Fsp3) is 0.611. The first-order chi connectivity index (χ1) is 9.52. The van der Waals surface area contributed by atoms with Gasteiger partial charge in [0.25, 0.3) is 0 Å². The quantitative estimate of drug-likeness (QED) is 0.890. The van der Waals surface area contributed by atoms with E-state index < -0.39 is 0 Å². The maximum Gasteiger partial charge on any atom is 0.230 e. The third kappa shape index (κ3) is 2.36. The Morgan fingerprint density at radius 1 is 1.15 bits per heavy atom. The third-order valence-corrected chi connectivity index (χ3v) is 5.27. The summed E-state index contributed by atoms with van der Waals surface area (Å²) >= 11 is 0. The molecule has 0 bridgehead atoms. The first kappa shape index (κ1) is 13.7. The molecule has 1 atom stereocenters. The number of amides is 1. The van der Waals surface area contributed by atoms with Crippen molar-refractivity contribution in [3.05, 3.63) is 35.9 Å². The van der Waals surface area contributed by atoms with Crippen molar-refractivity contribution < 1.29 is 4.79 Å². The molecule has 0 aliphatic heterocycles. The standard InChI is InChI=1S/C18H25NO/c1-17(2)12-9-15(13-17)19-16(20)18(10-6-11-18)14-7-4-3-5-8-14/h3-5,7-8,15H,6,9-13H2,1-2H3,(H,19,20). The molecule has 108 valence electrons. The fourth-order valence-corrected chi connectivity index (χ4v) is 3.82. The summed E-state index contributed by atoms with van der Waals surface area (Å²) in [6.07, 6.45) is 6.62. The van der Waals surface area contributed by atoms with Crippen molar-refractivity contribution in [2.45, 2.75) is 63.8 Å². The lowest BCUT2D eigenvalue weighted by molar-refractivity contribution is -0.130. The summed E-state index contributed by atoms with van der Waals surface area (Å²) in [5, 5.41) is 3.34. The van der Waals surface area contributed by atoms with Crippen molar-refractivity contribution in [2.24, 2.45) is 5.41 Å². The highest BCUT2D eigenvalue weighted by atomic mass is 16.2. The number of hydrogen-bond donors (Lipinski definition) is 1. The molecule has 2 aliphatic rings. The zero-order valence-electron chi connectivity index (χ0n) is 12.6. The highest BCUT2D eigenvalue weighted by Gasteiger charge is 2.46. The molecular weight excluding hydrogens is 246 g/mol. The molecule has 2 aliphatic carbocycles. The van der Waals surface area contributed by atoms with Crippen LogP contribution in [0.1, 0.15) is 57.9 Å². The number of hydrogen-bond acceptors (Lipinski definition) is 1. The molecule has 1 amide bonds. The molecule has 0 spiro atoms. The van der Waals surface area contributed by atoms with Gasteiger partial charge in [-0.15, -0.1) is 0 Å². The van der Waals surface area contributed by atoms with Gasteiger partial charge < -0.3 is 5.32 Å². The van der Waals surface area contributed by atoms with Crippen LogP contribution in [0.4, 0.5) is 0 Å². The van der Waals surface area contributed by atoms with Crippen LogP contribution < -0.4 is 5.32 Å². The molecule has 0 aromatic heterocycles. The molecular formula is C18H25NO. The lowest BCUT2D eigenvalue weighted by Gasteiger charge is -2.41. The number of rotatable bonds is 3. The molecule has 20 heavy (non-hydrogen) atoms. The van der Waals surface area contributed by atoms with E-state index >= 15 is 0 Å². The second-order valence-electron chi connectivity index (χ2n) is 7.38. The van der Waals surface area contributed by atoms with Crippen LogP contribution in [-0.2, 0) is 10.2 Å². The van der Waals surface area contributed by atoms with Crippen LogP contribution in [0.5, 0.6) is 0 Å². The lowest BCUT2D eigenvalue weighted by atomic mass is 9.63. The van der Waals surface area contributed by atoms with Crippen LogP contribution in [0.25, 0.3) is 0 Å². The predicted molar refractivity (Wildman–Crippen MR) is 81.5 cm³/mol. The average Bonchev–Trinajstić information content (AvgIpc) is 2.68. The minimum Gasteiger partial charge on any atom is -0.353 e. The summed E-state index contributed by atoms with van der Waals surface area (Å²) in [5.41, 5.74) is 1.34. The summed E-state index contributed by atoms with van der Waals surface area (Å²) in [7, 11) is 0. The molecule has 0 saturated heterocycles.